The van der Waals surface area contributed by atoms with E-state index in [4.69, 9.17) is 4.74 Å². The Bertz CT molecular complexity index is 846. The molecular weight excluding hydrogens is 307 g/mol. The molecule has 5 heteroatoms. The molecule has 4 nitrogen and oxygen atoms in total. The molecule has 0 saturated carbocycles. The summed E-state index contributed by atoms with van der Waals surface area (Å²) < 4.78 is 18.8. The molecule has 0 aliphatic rings. The van der Waals surface area contributed by atoms with Gasteiger partial charge in [0.05, 0.1) is 0 Å². The first-order valence-electron chi connectivity index (χ1n) is 7.38. The fourth-order valence-electron chi connectivity index (χ4n) is 2.10. The summed E-state index contributed by atoms with van der Waals surface area (Å²) in [6.45, 7) is 2.01. The lowest BCUT2D eigenvalue weighted by molar-refractivity contribution is 0.102. The number of ether oxygens (including phenoxy) is 1. The second kappa shape index (κ2) is 6.91. The van der Waals surface area contributed by atoms with Gasteiger partial charge in [0.1, 0.15) is 11.5 Å². The highest BCUT2D eigenvalue weighted by Crippen LogP contribution is 2.23. The Balaban J connectivity index is 1.66. The molecule has 0 bridgehead atoms. The van der Waals surface area contributed by atoms with E-state index in [9.17, 15) is 9.18 Å². The van der Waals surface area contributed by atoms with Crippen LogP contribution < -0.4 is 10.1 Å². The number of nitrogens with zero attached hydrogens (tertiary/aromatic N) is 1. The van der Waals surface area contributed by atoms with E-state index >= 15 is 0 Å². The van der Waals surface area contributed by atoms with Gasteiger partial charge in [-0.25, -0.2) is 4.98 Å². The van der Waals surface area contributed by atoms with Gasteiger partial charge in [0.2, 0.25) is 5.95 Å². The molecular formula is C19H15FN2O2. The van der Waals surface area contributed by atoms with Crippen molar-refractivity contribution in [2.24, 2.45) is 0 Å². The van der Waals surface area contributed by atoms with Crippen LogP contribution in [0.1, 0.15) is 15.9 Å². The van der Waals surface area contributed by atoms with Crippen LogP contribution in [0.2, 0.25) is 0 Å². The van der Waals surface area contributed by atoms with Crippen LogP contribution in [-0.4, -0.2) is 10.9 Å². The van der Waals surface area contributed by atoms with Crippen molar-refractivity contribution in [3.63, 3.8) is 0 Å². The highest BCUT2D eigenvalue weighted by atomic mass is 19.1. The van der Waals surface area contributed by atoms with E-state index < -0.39 is 11.9 Å². The smallest absolute Gasteiger partial charge is 0.255 e. The molecule has 0 radical (unpaired) electrons. The molecule has 2 aromatic carbocycles. The van der Waals surface area contributed by atoms with Gasteiger partial charge in [-0.2, -0.15) is 4.39 Å². The van der Waals surface area contributed by atoms with E-state index in [1.54, 1.807) is 24.3 Å². The van der Waals surface area contributed by atoms with Crippen LogP contribution in [0.4, 0.5) is 10.1 Å². The number of hydrogen-bond acceptors (Lipinski definition) is 3. The Hall–Kier alpha value is -3.21. The van der Waals surface area contributed by atoms with E-state index in [1.807, 2.05) is 31.2 Å². The number of amides is 1. The fraction of sp³-hybridized carbons (Fsp3) is 0.0526. The maximum Gasteiger partial charge on any atom is 0.255 e. The van der Waals surface area contributed by atoms with E-state index in [2.05, 4.69) is 10.3 Å². The lowest BCUT2D eigenvalue weighted by Gasteiger charge is -2.08. The first kappa shape index (κ1) is 15.7. The molecule has 0 unspecified atom stereocenters. The van der Waals surface area contributed by atoms with Gasteiger partial charge in [-0.3, -0.25) is 4.79 Å². The number of aryl methyl sites for hydroxylation is 1. The van der Waals surface area contributed by atoms with E-state index in [-0.39, 0.29) is 5.56 Å². The Morgan fingerprint density at radius 1 is 1.00 bits per heavy atom. The predicted octanol–water partition coefficient (Wildman–Crippen LogP) is 4.57. The van der Waals surface area contributed by atoms with Crippen molar-refractivity contribution in [2.75, 3.05) is 5.32 Å². The molecule has 0 atom stereocenters. The van der Waals surface area contributed by atoms with Crippen molar-refractivity contribution in [1.82, 2.24) is 4.98 Å². The van der Waals surface area contributed by atoms with Crippen molar-refractivity contribution in [1.29, 1.82) is 0 Å². The monoisotopic (exact) mass is 322 g/mol. The summed E-state index contributed by atoms with van der Waals surface area (Å²) in [6.07, 6.45) is 1.25. The molecule has 3 rings (SSSR count). The summed E-state index contributed by atoms with van der Waals surface area (Å²) in [6, 6.07) is 17.2. The zero-order valence-electron chi connectivity index (χ0n) is 13.0. The average molecular weight is 322 g/mol. The molecule has 0 fully saturated rings. The lowest BCUT2D eigenvalue weighted by atomic mass is 10.2. The van der Waals surface area contributed by atoms with Crippen LogP contribution in [0, 0.1) is 12.9 Å². The third kappa shape index (κ3) is 3.95. The highest BCUT2D eigenvalue weighted by molar-refractivity contribution is 6.04. The summed E-state index contributed by atoms with van der Waals surface area (Å²) in [4.78, 5) is 15.5. The van der Waals surface area contributed by atoms with Gasteiger partial charge in [-0.1, -0.05) is 17.7 Å². The maximum absolute atomic E-state index is 13.0. The predicted molar refractivity (Wildman–Crippen MR) is 89.8 cm³/mol. The van der Waals surface area contributed by atoms with Crippen LogP contribution in [0.5, 0.6) is 11.5 Å². The first-order chi connectivity index (χ1) is 11.6. The summed E-state index contributed by atoms with van der Waals surface area (Å²) in [5.41, 5.74) is 1.96. The number of anilines is 1. The third-order valence-electron chi connectivity index (χ3n) is 3.36. The number of benzene rings is 2. The Labute approximate surface area is 138 Å². The zero-order valence-corrected chi connectivity index (χ0v) is 13.0. The zero-order chi connectivity index (χ0) is 16.9. The number of carbonyl (C=O) groups is 1. The van der Waals surface area contributed by atoms with Gasteiger partial charge in [0.15, 0.2) is 0 Å². The van der Waals surface area contributed by atoms with Gasteiger partial charge in [-0.15, -0.1) is 0 Å². The third-order valence-corrected chi connectivity index (χ3v) is 3.36. The van der Waals surface area contributed by atoms with Crippen molar-refractivity contribution in [3.8, 4) is 11.5 Å². The molecule has 3 aromatic rings. The highest BCUT2D eigenvalue weighted by Gasteiger charge is 2.07. The van der Waals surface area contributed by atoms with Gasteiger partial charge in [0.25, 0.3) is 5.91 Å². The van der Waals surface area contributed by atoms with Crippen LogP contribution in [-0.2, 0) is 0 Å². The fourth-order valence-corrected chi connectivity index (χ4v) is 2.10. The molecule has 120 valence electrons. The minimum Gasteiger partial charge on any atom is -0.457 e. The van der Waals surface area contributed by atoms with Crippen LogP contribution >= 0.6 is 0 Å². The topological polar surface area (TPSA) is 51.2 Å². The van der Waals surface area contributed by atoms with Gasteiger partial charge >= 0.3 is 0 Å². The summed E-state index contributed by atoms with van der Waals surface area (Å²) in [7, 11) is 0. The number of rotatable bonds is 4. The standard InChI is InChI=1S/C19H15FN2O2/c1-13-2-6-16(7-3-13)24-17-8-4-15(5-9-17)22-19(23)14-10-11-21-18(20)12-14/h2-12H,1H3,(H,22,23). The normalized spacial score (nSPS) is 10.2. The van der Waals surface area contributed by atoms with Gasteiger partial charge in [-0.05, 0) is 49.4 Å². The Kier molecular flexibility index (Phi) is 4.52. The molecule has 0 aliphatic heterocycles. The number of carbonyl (C=O) groups excluding carboxylic acids is 1. The quantitative estimate of drug-likeness (QED) is 0.716. The number of nitrogens with one attached hydrogen (secondary N) is 1. The molecule has 1 heterocycles. The van der Waals surface area contributed by atoms with Crippen LogP contribution in [0.25, 0.3) is 0 Å². The van der Waals surface area contributed by atoms with Crippen molar-refractivity contribution < 1.29 is 13.9 Å². The van der Waals surface area contributed by atoms with E-state index in [0.717, 1.165) is 17.4 Å². The first-order valence-corrected chi connectivity index (χ1v) is 7.38. The van der Waals surface area contributed by atoms with E-state index in [1.165, 1.54) is 12.3 Å². The van der Waals surface area contributed by atoms with E-state index in [0.29, 0.717) is 11.4 Å². The molecule has 0 saturated heterocycles. The summed E-state index contributed by atoms with van der Waals surface area (Å²) in [5, 5.41) is 2.70. The molecule has 24 heavy (non-hydrogen) atoms. The summed E-state index contributed by atoms with van der Waals surface area (Å²) in [5.74, 6) is 0.310. The number of halogens is 1. The van der Waals surface area contributed by atoms with Crippen molar-refractivity contribution in [3.05, 3.63) is 83.9 Å². The van der Waals surface area contributed by atoms with Crippen LogP contribution in [0.3, 0.4) is 0 Å². The van der Waals surface area contributed by atoms with Crippen molar-refractivity contribution >= 4 is 11.6 Å². The maximum atomic E-state index is 13.0. The second-order valence-electron chi connectivity index (χ2n) is 5.26. The molecule has 1 aromatic heterocycles. The molecule has 1 amide bonds. The minimum absolute atomic E-state index is 0.211. The average Bonchev–Trinajstić information content (AvgIpc) is 2.59. The largest absolute Gasteiger partial charge is 0.457 e. The van der Waals surface area contributed by atoms with Crippen LogP contribution in [0.15, 0.2) is 66.9 Å². The SMILES string of the molecule is Cc1ccc(Oc2ccc(NC(=O)c3ccnc(F)c3)cc2)cc1. The molecule has 1 N–H and O–H groups in total. The molecule has 0 aliphatic carbocycles. The lowest BCUT2D eigenvalue weighted by Crippen LogP contribution is -2.12. The Morgan fingerprint density at radius 3 is 2.25 bits per heavy atom. The van der Waals surface area contributed by atoms with Crippen molar-refractivity contribution in [2.45, 2.75) is 6.92 Å². The van der Waals surface area contributed by atoms with Gasteiger partial charge in [0, 0.05) is 23.5 Å². The Morgan fingerprint density at radius 2 is 1.62 bits per heavy atom. The minimum atomic E-state index is -0.690. The number of hydrogen-bond donors (Lipinski definition) is 1. The summed E-state index contributed by atoms with van der Waals surface area (Å²) >= 11 is 0. The van der Waals surface area contributed by atoms with Gasteiger partial charge < -0.3 is 10.1 Å². The second-order valence-corrected chi connectivity index (χ2v) is 5.26. The molecule has 0 spiro atoms. The number of aromatic nitrogens is 1. The number of pyridine rings is 1.